The Balaban J connectivity index is 2.01. The van der Waals surface area contributed by atoms with Crippen LogP contribution in [0.15, 0.2) is 18.2 Å². The van der Waals surface area contributed by atoms with Gasteiger partial charge in [0.1, 0.15) is 6.17 Å². The molecule has 0 amide bonds. The zero-order chi connectivity index (χ0) is 12.3. The van der Waals surface area contributed by atoms with E-state index in [1.807, 2.05) is 0 Å². The first-order valence-corrected chi connectivity index (χ1v) is 6.74. The molecule has 0 aliphatic carbocycles. The van der Waals surface area contributed by atoms with E-state index in [1.54, 1.807) is 18.2 Å². The third-order valence-electron chi connectivity index (χ3n) is 3.21. The topological polar surface area (TPSA) is 12.0 Å². The monoisotopic (exact) mass is 275 g/mol. The summed E-state index contributed by atoms with van der Waals surface area (Å²) in [4.78, 5) is 0. The number of hydrogen-bond donors (Lipinski definition) is 1. The largest absolute Gasteiger partial charge is 0.311 e. The summed E-state index contributed by atoms with van der Waals surface area (Å²) in [6.45, 7) is 0.911. The fourth-order valence-corrected chi connectivity index (χ4v) is 2.63. The second-order valence-electron chi connectivity index (χ2n) is 4.51. The van der Waals surface area contributed by atoms with Gasteiger partial charge in [0, 0.05) is 22.5 Å². The Kier molecular flexibility index (Phi) is 4.66. The number of piperidine rings is 1. The Hall–Kier alpha value is -0.310. The summed E-state index contributed by atoms with van der Waals surface area (Å²) in [5, 5.41) is 4.42. The first-order valence-electron chi connectivity index (χ1n) is 5.98. The van der Waals surface area contributed by atoms with Gasteiger partial charge in [0.05, 0.1) is 0 Å². The van der Waals surface area contributed by atoms with Crippen LogP contribution in [0.25, 0.3) is 0 Å². The van der Waals surface area contributed by atoms with Crippen molar-refractivity contribution in [2.45, 2.75) is 37.9 Å². The molecule has 2 unspecified atom stereocenters. The van der Waals surface area contributed by atoms with E-state index >= 15 is 0 Å². The van der Waals surface area contributed by atoms with Gasteiger partial charge in [0.15, 0.2) is 0 Å². The minimum atomic E-state index is -0.897. The number of hydrogen-bond acceptors (Lipinski definition) is 1. The van der Waals surface area contributed by atoms with Crippen LogP contribution in [0.1, 0.15) is 24.8 Å². The normalized spacial score (nSPS) is 22.4. The molecule has 0 saturated carbocycles. The lowest BCUT2D eigenvalue weighted by atomic mass is 9.96. The SMILES string of the molecule is FC(Cc1cc(Cl)ccc1Cl)C1CCCCN1. The van der Waals surface area contributed by atoms with E-state index in [9.17, 15) is 4.39 Å². The zero-order valence-electron chi connectivity index (χ0n) is 9.56. The van der Waals surface area contributed by atoms with E-state index in [0.29, 0.717) is 16.5 Å². The van der Waals surface area contributed by atoms with Crippen molar-refractivity contribution in [3.63, 3.8) is 0 Å². The quantitative estimate of drug-likeness (QED) is 0.879. The highest BCUT2D eigenvalue weighted by Crippen LogP contribution is 2.24. The van der Waals surface area contributed by atoms with Crippen LogP contribution in [0.2, 0.25) is 10.0 Å². The molecule has 1 aliphatic heterocycles. The molecule has 1 saturated heterocycles. The number of benzene rings is 1. The number of alkyl halides is 1. The van der Waals surface area contributed by atoms with E-state index in [-0.39, 0.29) is 6.04 Å². The van der Waals surface area contributed by atoms with Crippen molar-refractivity contribution in [1.29, 1.82) is 0 Å². The van der Waals surface area contributed by atoms with Crippen molar-refractivity contribution >= 4 is 23.2 Å². The van der Waals surface area contributed by atoms with Crippen molar-refractivity contribution in [3.05, 3.63) is 33.8 Å². The summed E-state index contributed by atoms with van der Waals surface area (Å²) in [5.41, 5.74) is 0.791. The molecule has 1 nitrogen and oxygen atoms in total. The molecule has 0 spiro atoms. The van der Waals surface area contributed by atoms with Gasteiger partial charge in [0.25, 0.3) is 0 Å². The van der Waals surface area contributed by atoms with Gasteiger partial charge >= 0.3 is 0 Å². The molecular formula is C13H16Cl2FN. The average Bonchev–Trinajstić information content (AvgIpc) is 2.35. The van der Waals surface area contributed by atoms with Gasteiger partial charge in [0.2, 0.25) is 0 Å². The molecule has 1 N–H and O–H groups in total. The van der Waals surface area contributed by atoms with Gasteiger partial charge in [-0.15, -0.1) is 0 Å². The van der Waals surface area contributed by atoms with Gasteiger partial charge in [-0.2, -0.15) is 0 Å². The van der Waals surface area contributed by atoms with Gasteiger partial charge in [-0.1, -0.05) is 29.6 Å². The number of nitrogens with one attached hydrogen (secondary N) is 1. The first-order chi connectivity index (χ1) is 8.16. The molecule has 1 aromatic rings. The predicted octanol–water partition coefficient (Wildman–Crippen LogP) is 4.02. The van der Waals surface area contributed by atoms with Crippen LogP contribution >= 0.6 is 23.2 Å². The summed E-state index contributed by atoms with van der Waals surface area (Å²) in [7, 11) is 0. The average molecular weight is 276 g/mol. The van der Waals surface area contributed by atoms with Gasteiger partial charge in [-0.3, -0.25) is 0 Å². The van der Waals surface area contributed by atoms with Crippen LogP contribution < -0.4 is 5.32 Å². The highest BCUT2D eigenvalue weighted by Gasteiger charge is 2.23. The molecular weight excluding hydrogens is 260 g/mol. The van der Waals surface area contributed by atoms with Crippen molar-refractivity contribution in [1.82, 2.24) is 5.32 Å². The van der Waals surface area contributed by atoms with Crippen LogP contribution in [0.3, 0.4) is 0 Å². The molecule has 2 rings (SSSR count). The lowest BCUT2D eigenvalue weighted by Crippen LogP contribution is -2.42. The molecule has 0 bridgehead atoms. The lowest BCUT2D eigenvalue weighted by molar-refractivity contribution is 0.217. The van der Waals surface area contributed by atoms with Crippen molar-refractivity contribution in [2.75, 3.05) is 6.54 Å². The summed E-state index contributed by atoms with van der Waals surface area (Å²) in [6.07, 6.45) is 2.57. The van der Waals surface area contributed by atoms with Crippen molar-refractivity contribution in [3.8, 4) is 0 Å². The van der Waals surface area contributed by atoms with Crippen LogP contribution in [0.4, 0.5) is 4.39 Å². The Morgan fingerprint density at radius 2 is 2.18 bits per heavy atom. The second-order valence-corrected chi connectivity index (χ2v) is 5.36. The Labute approximate surface area is 111 Å². The Morgan fingerprint density at radius 3 is 2.88 bits per heavy atom. The van der Waals surface area contributed by atoms with E-state index in [0.717, 1.165) is 31.4 Å². The van der Waals surface area contributed by atoms with Crippen LogP contribution in [0.5, 0.6) is 0 Å². The van der Waals surface area contributed by atoms with Gasteiger partial charge < -0.3 is 5.32 Å². The van der Waals surface area contributed by atoms with Gasteiger partial charge in [-0.25, -0.2) is 4.39 Å². The standard InChI is InChI=1S/C13H16Cl2FN/c14-10-4-5-11(15)9(7-10)8-12(16)13-3-1-2-6-17-13/h4-5,7,12-13,17H,1-3,6,8H2. The molecule has 0 aromatic heterocycles. The fourth-order valence-electron chi connectivity index (χ4n) is 2.24. The molecule has 1 heterocycles. The maximum atomic E-state index is 14.1. The number of halogens is 3. The third-order valence-corrected chi connectivity index (χ3v) is 3.81. The van der Waals surface area contributed by atoms with Crippen LogP contribution in [0, 0.1) is 0 Å². The van der Waals surface area contributed by atoms with Crippen LogP contribution in [-0.2, 0) is 6.42 Å². The summed E-state index contributed by atoms with van der Waals surface area (Å²) >= 11 is 11.9. The zero-order valence-corrected chi connectivity index (χ0v) is 11.1. The highest BCUT2D eigenvalue weighted by atomic mass is 35.5. The predicted molar refractivity (Wildman–Crippen MR) is 70.7 cm³/mol. The third kappa shape index (κ3) is 3.57. The molecule has 4 heteroatoms. The van der Waals surface area contributed by atoms with Crippen molar-refractivity contribution in [2.24, 2.45) is 0 Å². The Morgan fingerprint density at radius 1 is 1.35 bits per heavy atom. The number of rotatable bonds is 3. The van der Waals surface area contributed by atoms with E-state index in [4.69, 9.17) is 23.2 Å². The molecule has 17 heavy (non-hydrogen) atoms. The smallest absolute Gasteiger partial charge is 0.119 e. The maximum absolute atomic E-state index is 14.1. The van der Waals surface area contributed by atoms with E-state index < -0.39 is 6.17 Å². The minimum Gasteiger partial charge on any atom is -0.311 e. The second kappa shape index (κ2) is 6.03. The maximum Gasteiger partial charge on any atom is 0.119 e. The first kappa shape index (κ1) is 13.1. The Bertz CT molecular complexity index is 378. The molecule has 1 fully saturated rings. The van der Waals surface area contributed by atoms with Crippen molar-refractivity contribution < 1.29 is 4.39 Å². The summed E-state index contributed by atoms with van der Waals surface area (Å²) in [6, 6.07) is 5.15. The highest BCUT2D eigenvalue weighted by molar-refractivity contribution is 6.33. The van der Waals surface area contributed by atoms with Crippen LogP contribution in [-0.4, -0.2) is 18.8 Å². The lowest BCUT2D eigenvalue weighted by Gasteiger charge is -2.26. The summed E-state index contributed by atoms with van der Waals surface area (Å²) in [5.74, 6) is 0. The molecule has 94 valence electrons. The molecule has 1 aromatic carbocycles. The molecule has 2 atom stereocenters. The molecule has 1 aliphatic rings. The fraction of sp³-hybridized carbons (Fsp3) is 0.538. The van der Waals surface area contributed by atoms with E-state index in [1.165, 1.54) is 0 Å². The minimum absolute atomic E-state index is 0.0428. The van der Waals surface area contributed by atoms with Gasteiger partial charge in [-0.05, 0) is 43.1 Å². The molecule has 0 radical (unpaired) electrons. The van der Waals surface area contributed by atoms with E-state index in [2.05, 4.69) is 5.32 Å². The summed E-state index contributed by atoms with van der Waals surface area (Å²) < 4.78 is 14.1.